The van der Waals surface area contributed by atoms with Gasteiger partial charge in [-0.05, 0) is 26.9 Å². The van der Waals surface area contributed by atoms with Crippen LogP contribution in [0.1, 0.15) is 24.0 Å². The number of hydrogen-bond donors (Lipinski definition) is 1. The minimum atomic E-state index is 0.273. The Labute approximate surface area is 120 Å². The molecule has 0 spiro atoms. The van der Waals surface area contributed by atoms with Crippen molar-refractivity contribution in [1.29, 1.82) is 0 Å². The fraction of sp³-hybridized carbons (Fsp3) is 0.786. The molecule has 0 aromatic carbocycles. The topological polar surface area (TPSA) is 37.4 Å². The van der Waals surface area contributed by atoms with E-state index in [4.69, 9.17) is 4.74 Å². The molecule has 1 saturated heterocycles. The van der Waals surface area contributed by atoms with Crippen molar-refractivity contribution < 1.29 is 4.74 Å². The Morgan fingerprint density at radius 2 is 2.47 bits per heavy atom. The Bertz CT molecular complexity index is 381. The van der Waals surface area contributed by atoms with Crippen molar-refractivity contribution in [3.8, 4) is 0 Å². The van der Waals surface area contributed by atoms with Crippen molar-refractivity contribution in [2.75, 3.05) is 33.3 Å². The number of thiazole rings is 1. The van der Waals surface area contributed by atoms with Crippen LogP contribution in [0.5, 0.6) is 0 Å². The van der Waals surface area contributed by atoms with Crippen molar-refractivity contribution >= 4 is 11.3 Å². The number of hydrogen-bond acceptors (Lipinski definition) is 5. The van der Waals surface area contributed by atoms with E-state index in [-0.39, 0.29) is 6.10 Å². The molecule has 2 atom stereocenters. The standard InChI is InChI=1S/C14H25N3OS/c1-4-5-17-6-7-18-13(9-17)12(15-3)8-14-16-11(2)10-19-14/h10,12-13,15H,4-9H2,1-3H3. The second-order valence-electron chi connectivity index (χ2n) is 5.19. The highest BCUT2D eigenvalue weighted by atomic mass is 32.1. The van der Waals surface area contributed by atoms with E-state index in [1.807, 2.05) is 7.05 Å². The summed E-state index contributed by atoms with van der Waals surface area (Å²) < 4.78 is 5.96. The van der Waals surface area contributed by atoms with E-state index in [1.54, 1.807) is 11.3 Å². The summed E-state index contributed by atoms with van der Waals surface area (Å²) in [5.74, 6) is 0. The molecule has 1 N–H and O–H groups in total. The molecule has 1 aromatic rings. The van der Waals surface area contributed by atoms with Crippen LogP contribution in [0.25, 0.3) is 0 Å². The molecule has 2 heterocycles. The largest absolute Gasteiger partial charge is 0.374 e. The zero-order valence-corrected chi connectivity index (χ0v) is 13.0. The van der Waals surface area contributed by atoms with Crippen molar-refractivity contribution in [1.82, 2.24) is 15.2 Å². The molecule has 0 aliphatic carbocycles. The molecule has 0 saturated carbocycles. The summed E-state index contributed by atoms with van der Waals surface area (Å²) in [6.07, 6.45) is 2.44. The number of aryl methyl sites for hydroxylation is 1. The summed E-state index contributed by atoms with van der Waals surface area (Å²) in [7, 11) is 2.02. The molecule has 2 rings (SSSR count). The number of likely N-dealkylation sites (N-methyl/N-ethyl adjacent to an activating group) is 1. The second-order valence-corrected chi connectivity index (χ2v) is 6.13. The van der Waals surface area contributed by atoms with Gasteiger partial charge in [0, 0.05) is 36.6 Å². The van der Waals surface area contributed by atoms with E-state index in [0.29, 0.717) is 6.04 Å². The summed E-state index contributed by atoms with van der Waals surface area (Å²) in [6.45, 7) is 8.40. The third-order valence-electron chi connectivity index (χ3n) is 3.60. The van der Waals surface area contributed by atoms with Crippen LogP contribution in [0.15, 0.2) is 5.38 Å². The predicted molar refractivity (Wildman–Crippen MR) is 79.9 cm³/mol. The van der Waals surface area contributed by atoms with Crippen molar-refractivity contribution in [2.45, 2.75) is 38.8 Å². The Hall–Kier alpha value is -0.490. The smallest absolute Gasteiger partial charge is 0.0944 e. The Morgan fingerprint density at radius 3 is 3.11 bits per heavy atom. The summed E-state index contributed by atoms with van der Waals surface area (Å²) in [4.78, 5) is 7.06. The maximum atomic E-state index is 5.96. The van der Waals surface area contributed by atoms with E-state index >= 15 is 0 Å². The zero-order valence-electron chi connectivity index (χ0n) is 12.2. The molecular weight excluding hydrogens is 258 g/mol. The first-order valence-electron chi connectivity index (χ1n) is 7.15. The SMILES string of the molecule is CCCN1CCOC(C(Cc2nc(C)cs2)NC)C1. The van der Waals surface area contributed by atoms with Gasteiger partial charge in [-0.3, -0.25) is 4.90 Å². The summed E-state index contributed by atoms with van der Waals surface area (Å²) >= 11 is 1.75. The summed E-state index contributed by atoms with van der Waals surface area (Å²) in [5.41, 5.74) is 1.12. The van der Waals surface area contributed by atoms with E-state index < -0.39 is 0 Å². The highest BCUT2D eigenvalue weighted by Gasteiger charge is 2.27. The van der Waals surface area contributed by atoms with Gasteiger partial charge >= 0.3 is 0 Å². The Morgan fingerprint density at radius 1 is 1.63 bits per heavy atom. The van der Waals surface area contributed by atoms with Gasteiger partial charge in [-0.25, -0.2) is 4.98 Å². The van der Waals surface area contributed by atoms with Gasteiger partial charge in [-0.2, -0.15) is 0 Å². The molecule has 1 aliphatic heterocycles. The minimum Gasteiger partial charge on any atom is -0.374 e. The van der Waals surface area contributed by atoms with Crippen molar-refractivity contribution in [3.05, 3.63) is 16.1 Å². The van der Waals surface area contributed by atoms with Crippen molar-refractivity contribution in [2.24, 2.45) is 0 Å². The average molecular weight is 283 g/mol. The lowest BCUT2D eigenvalue weighted by atomic mass is 10.1. The molecular formula is C14H25N3OS. The molecule has 0 bridgehead atoms. The molecule has 1 aromatic heterocycles. The van der Waals surface area contributed by atoms with Gasteiger partial charge in [0.2, 0.25) is 0 Å². The number of nitrogens with zero attached hydrogens (tertiary/aromatic N) is 2. The highest BCUT2D eigenvalue weighted by molar-refractivity contribution is 7.09. The van der Waals surface area contributed by atoms with Gasteiger partial charge < -0.3 is 10.1 Å². The molecule has 108 valence electrons. The van der Waals surface area contributed by atoms with Crippen LogP contribution in [0.2, 0.25) is 0 Å². The zero-order chi connectivity index (χ0) is 13.7. The van der Waals surface area contributed by atoms with Crippen LogP contribution in [-0.2, 0) is 11.2 Å². The average Bonchev–Trinajstić information content (AvgIpc) is 2.82. The van der Waals surface area contributed by atoms with Crippen LogP contribution in [-0.4, -0.2) is 55.3 Å². The first-order valence-corrected chi connectivity index (χ1v) is 8.03. The monoisotopic (exact) mass is 283 g/mol. The first kappa shape index (κ1) is 14.9. The minimum absolute atomic E-state index is 0.273. The molecule has 2 unspecified atom stereocenters. The molecule has 1 aliphatic rings. The molecule has 5 heteroatoms. The lowest BCUT2D eigenvalue weighted by Crippen LogP contribution is -2.52. The maximum Gasteiger partial charge on any atom is 0.0944 e. The molecule has 0 radical (unpaired) electrons. The lowest BCUT2D eigenvalue weighted by Gasteiger charge is -2.36. The number of nitrogens with one attached hydrogen (secondary N) is 1. The van der Waals surface area contributed by atoms with Crippen LogP contribution in [0, 0.1) is 6.92 Å². The predicted octanol–water partition coefficient (Wildman–Crippen LogP) is 1.69. The van der Waals surface area contributed by atoms with Crippen LogP contribution in [0.3, 0.4) is 0 Å². The molecule has 1 fully saturated rings. The van der Waals surface area contributed by atoms with Gasteiger partial charge in [0.05, 0.1) is 17.7 Å². The summed E-state index contributed by atoms with van der Waals surface area (Å²) in [6, 6.07) is 0.352. The van der Waals surface area contributed by atoms with E-state index in [2.05, 4.69) is 34.4 Å². The Kier molecular flexibility index (Phi) is 5.76. The van der Waals surface area contributed by atoms with Crippen LogP contribution < -0.4 is 5.32 Å². The van der Waals surface area contributed by atoms with E-state index in [9.17, 15) is 0 Å². The number of ether oxygens (including phenoxy) is 1. The molecule has 0 amide bonds. The van der Waals surface area contributed by atoms with Gasteiger partial charge in [0.15, 0.2) is 0 Å². The number of aromatic nitrogens is 1. The lowest BCUT2D eigenvalue weighted by molar-refractivity contribution is -0.0450. The van der Waals surface area contributed by atoms with Gasteiger partial charge in [0.1, 0.15) is 0 Å². The van der Waals surface area contributed by atoms with E-state index in [1.165, 1.54) is 18.0 Å². The molecule has 4 nitrogen and oxygen atoms in total. The van der Waals surface area contributed by atoms with Gasteiger partial charge in [-0.15, -0.1) is 11.3 Å². The highest BCUT2D eigenvalue weighted by Crippen LogP contribution is 2.16. The first-order chi connectivity index (χ1) is 9.22. The number of rotatable bonds is 6. The second kappa shape index (κ2) is 7.33. The summed E-state index contributed by atoms with van der Waals surface area (Å²) in [5, 5.41) is 6.73. The quantitative estimate of drug-likeness (QED) is 0.862. The van der Waals surface area contributed by atoms with Crippen LogP contribution in [0.4, 0.5) is 0 Å². The third kappa shape index (κ3) is 4.24. The number of morpholine rings is 1. The third-order valence-corrected chi connectivity index (χ3v) is 4.59. The maximum absolute atomic E-state index is 5.96. The van der Waals surface area contributed by atoms with Crippen LogP contribution >= 0.6 is 11.3 Å². The molecule has 19 heavy (non-hydrogen) atoms. The Balaban J connectivity index is 1.92. The van der Waals surface area contributed by atoms with Gasteiger partial charge in [0.25, 0.3) is 0 Å². The van der Waals surface area contributed by atoms with E-state index in [0.717, 1.165) is 31.8 Å². The normalized spacial score (nSPS) is 22.6. The fourth-order valence-electron chi connectivity index (χ4n) is 2.60. The van der Waals surface area contributed by atoms with Crippen molar-refractivity contribution in [3.63, 3.8) is 0 Å². The van der Waals surface area contributed by atoms with Gasteiger partial charge in [-0.1, -0.05) is 6.92 Å². The fourth-order valence-corrected chi connectivity index (χ4v) is 3.43.